The van der Waals surface area contributed by atoms with Crippen LogP contribution in [-0.4, -0.2) is 27.1 Å². The van der Waals surface area contributed by atoms with Gasteiger partial charge in [0.05, 0.1) is 11.4 Å². The number of imide groups is 1. The Bertz CT molecular complexity index is 1390. The number of carbonyl (C=O) groups excluding carboxylic acids is 3. The summed E-state index contributed by atoms with van der Waals surface area (Å²) in [5.41, 5.74) is 4.37. The Morgan fingerprint density at radius 2 is 1.87 bits per heavy atom. The first-order valence-electron chi connectivity index (χ1n) is 10.2. The normalized spacial score (nSPS) is 20.8. The van der Waals surface area contributed by atoms with Gasteiger partial charge >= 0.3 is 0 Å². The highest BCUT2D eigenvalue weighted by molar-refractivity contribution is 6.24. The zero-order chi connectivity index (χ0) is 20.4. The number of Topliss-reactive ketones (excluding diaryl/α,β-unsaturated/α-hetero) is 1. The Balaban J connectivity index is 0.00000122. The van der Waals surface area contributed by atoms with E-state index >= 15 is 0 Å². The Hall–Kier alpha value is -3.67. The summed E-state index contributed by atoms with van der Waals surface area (Å²) in [6.45, 7) is 0.850. The molecule has 2 N–H and O–H groups in total. The van der Waals surface area contributed by atoms with Crippen LogP contribution in [0.1, 0.15) is 36.7 Å². The van der Waals surface area contributed by atoms with Crippen LogP contribution >= 0.6 is 0 Å². The van der Waals surface area contributed by atoms with E-state index in [4.69, 9.17) is 0 Å². The van der Waals surface area contributed by atoms with Crippen molar-refractivity contribution in [3.63, 3.8) is 0 Å². The second kappa shape index (κ2) is 6.16. The molecule has 1 saturated heterocycles. The highest BCUT2D eigenvalue weighted by Gasteiger charge is 2.48. The second-order valence-corrected chi connectivity index (χ2v) is 8.12. The smallest absolute Gasteiger partial charge is 0.238 e. The summed E-state index contributed by atoms with van der Waals surface area (Å²) < 4.78 is 2.11. The number of para-hydroxylation sites is 2. The molecule has 152 valence electrons. The topological polar surface area (TPSA) is 84.0 Å². The van der Waals surface area contributed by atoms with Crippen LogP contribution in [0.15, 0.2) is 54.9 Å². The van der Waals surface area contributed by atoms with Gasteiger partial charge in [-0.2, -0.15) is 0 Å². The van der Waals surface area contributed by atoms with Crippen LogP contribution in [0.25, 0.3) is 21.8 Å². The predicted octanol–water partition coefficient (Wildman–Crippen LogP) is 3.80. The number of aromatic amines is 1. The summed E-state index contributed by atoms with van der Waals surface area (Å²) in [4.78, 5) is 42.4. The van der Waals surface area contributed by atoms with Crippen molar-refractivity contribution in [3.8, 4) is 0 Å². The van der Waals surface area contributed by atoms with Crippen LogP contribution in [0.2, 0.25) is 0 Å². The number of benzene rings is 2. The van der Waals surface area contributed by atoms with E-state index < -0.39 is 23.7 Å². The molecule has 6 nitrogen and oxygen atoms in total. The summed E-state index contributed by atoms with van der Waals surface area (Å²) >= 11 is 0. The summed E-state index contributed by atoms with van der Waals surface area (Å²) in [5, 5.41) is 4.11. The number of carbonyl (C=O) groups is 3. The van der Waals surface area contributed by atoms with Crippen molar-refractivity contribution in [3.05, 3.63) is 71.5 Å². The van der Waals surface area contributed by atoms with Crippen LogP contribution in [0.5, 0.6) is 0 Å². The Morgan fingerprint density at radius 1 is 1.03 bits per heavy atom. The molecule has 4 aromatic rings. The first-order chi connectivity index (χ1) is 14.6. The standard InChI is InChI=1S/C24H19N3O3.2H2/c28-22(17-12-27-10-4-6-13-5-3-8-15(17)21(13)27)20-19(23(29)26-24(20)30)16-11-25-18-9-2-1-7-14(16)18;;/h1-3,5,7-9,11-12,19-20,25H,4,6,10H2,(H,26,29,30);2*1H/t19-,20-;;/m1../s1. The van der Waals surface area contributed by atoms with Crippen molar-refractivity contribution >= 4 is 39.4 Å². The quantitative estimate of drug-likeness (QED) is 0.311. The van der Waals surface area contributed by atoms with Crippen LogP contribution in [-0.2, 0) is 22.6 Å². The number of nitrogens with zero attached hydrogens (tertiary/aromatic N) is 1. The number of rotatable bonds is 3. The first-order valence-corrected chi connectivity index (χ1v) is 10.2. The molecule has 6 rings (SSSR count). The molecule has 0 bridgehead atoms. The number of fused-ring (bicyclic) bond motifs is 1. The molecule has 0 radical (unpaired) electrons. The molecule has 0 unspecified atom stereocenters. The fourth-order valence-corrected chi connectivity index (χ4v) is 5.14. The highest BCUT2D eigenvalue weighted by Crippen LogP contribution is 2.38. The third kappa shape index (κ3) is 2.27. The van der Waals surface area contributed by atoms with Gasteiger partial charge in [-0.1, -0.05) is 36.4 Å². The number of ketones is 1. The molecular formula is C24H23N3O3. The van der Waals surface area contributed by atoms with E-state index in [1.165, 1.54) is 5.56 Å². The number of aryl methyl sites for hydroxylation is 2. The summed E-state index contributed by atoms with van der Waals surface area (Å²) in [7, 11) is 0. The van der Waals surface area contributed by atoms with Gasteiger partial charge in [0.2, 0.25) is 11.8 Å². The molecule has 0 aliphatic carbocycles. The van der Waals surface area contributed by atoms with Gasteiger partial charge in [0.15, 0.2) is 5.78 Å². The molecule has 1 fully saturated rings. The molecule has 2 aromatic carbocycles. The van der Waals surface area contributed by atoms with Crippen LogP contribution in [0, 0.1) is 5.92 Å². The fraction of sp³-hybridized carbons (Fsp3) is 0.208. The zero-order valence-electron chi connectivity index (χ0n) is 16.1. The maximum Gasteiger partial charge on any atom is 0.238 e. The lowest BCUT2D eigenvalue weighted by molar-refractivity contribution is -0.125. The van der Waals surface area contributed by atoms with E-state index in [1.54, 1.807) is 6.20 Å². The van der Waals surface area contributed by atoms with Crippen molar-refractivity contribution in [2.75, 3.05) is 0 Å². The van der Waals surface area contributed by atoms with Gasteiger partial charge in [0, 0.05) is 43.6 Å². The third-order valence-electron chi connectivity index (χ3n) is 6.48. The van der Waals surface area contributed by atoms with Gasteiger partial charge in [-0.25, -0.2) is 0 Å². The Labute approximate surface area is 174 Å². The van der Waals surface area contributed by atoms with Crippen molar-refractivity contribution < 1.29 is 17.2 Å². The van der Waals surface area contributed by atoms with Gasteiger partial charge in [0.1, 0.15) is 5.92 Å². The molecule has 2 aromatic heterocycles. The maximum atomic E-state index is 13.7. The molecule has 4 heterocycles. The number of H-pyrrole nitrogens is 1. The first kappa shape index (κ1) is 17.2. The zero-order valence-corrected chi connectivity index (χ0v) is 16.1. The van der Waals surface area contributed by atoms with E-state index in [0.717, 1.165) is 41.2 Å². The van der Waals surface area contributed by atoms with Crippen molar-refractivity contribution in [1.82, 2.24) is 14.9 Å². The fourth-order valence-electron chi connectivity index (χ4n) is 5.14. The van der Waals surface area contributed by atoms with Crippen LogP contribution < -0.4 is 5.32 Å². The molecular weight excluding hydrogens is 378 g/mol. The van der Waals surface area contributed by atoms with Gasteiger partial charge in [0.25, 0.3) is 0 Å². The Kier molecular flexibility index (Phi) is 3.53. The molecule has 2 amide bonds. The lowest BCUT2D eigenvalue weighted by Gasteiger charge is -2.14. The minimum Gasteiger partial charge on any atom is -0.361 e. The largest absolute Gasteiger partial charge is 0.361 e. The van der Waals surface area contributed by atoms with Crippen molar-refractivity contribution in [2.45, 2.75) is 25.3 Å². The number of hydrogen-bond acceptors (Lipinski definition) is 3. The number of aromatic nitrogens is 2. The highest BCUT2D eigenvalue weighted by atomic mass is 16.2. The van der Waals surface area contributed by atoms with Gasteiger partial charge in [-0.05, 0) is 30.0 Å². The summed E-state index contributed by atoms with van der Waals surface area (Å²) in [5.74, 6) is -3.14. The molecule has 6 heteroatoms. The number of amides is 2. The lowest BCUT2D eigenvalue weighted by Crippen LogP contribution is -2.27. The Morgan fingerprint density at radius 3 is 2.77 bits per heavy atom. The van der Waals surface area contributed by atoms with Crippen LogP contribution in [0.4, 0.5) is 0 Å². The minimum atomic E-state index is -1.07. The second-order valence-electron chi connectivity index (χ2n) is 8.12. The molecule has 30 heavy (non-hydrogen) atoms. The lowest BCUT2D eigenvalue weighted by atomic mass is 9.82. The SMILES string of the molecule is O=C1NC(=O)[C@H](c2c[nH]c3ccccc23)[C@@H]1C(=O)c1cn2c3c(cccc13)CCC2.[HH].[HH]. The van der Waals surface area contributed by atoms with Gasteiger partial charge in [-0.3, -0.25) is 19.7 Å². The third-order valence-corrected chi connectivity index (χ3v) is 6.48. The van der Waals surface area contributed by atoms with E-state index in [1.807, 2.05) is 42.6 Å². The molecule has 2 aliphatic rings. The molecule has 2 aliphatic heterocycles. The van der Waals surface area contributed by atoms with E-state index in [9.17, 15) is 14.4 Å². The van der Waals surface area contributed by atoms with E-state index in [0.29, 0.717) is 11.1 Å². The molecule has 0 spiro atoms. The van der Waals surface area contributed by atoms with E-state index in [2.05, 4.69) is 20.9 Å². The van der Waals surface area contributed by atoms with Gasteiger partial charge in [-0.15, -0.1) is 0 Å². The molecule has 0 saturated carbocycles. The van der Waals surface area contributed by atoms with Crippen LogP contribution in [0.3, 0.4) is 0 Å². The van der Waals surface area contributed by atoms with Gasteiger partial charge < -0.3 is 9.55 Å². The number of hydrogen-bond donors (Lipinski definition) is 2. The predicted molar refractivity (Wildman–Crippen MR) is 116 cm³/mol. The van der Waals surface area contributed by atoms with Crippen molar-refractivity contribution in [1.29, 1.82) is 0 Å². The average Bonchev–Trinajstić information content (AvgIpc) is 3.42. The minimum absolute atomic E-state index is 0. The summed E-state index contributed by atoms with van der Waals surface area (Å²) in [6.07, 6.45) is 5.60. The number of nitrogens with one attached hydrogen (secondary N) is 2. The average molecular weight is 401 g/mol. The monoisotopic (exact) mass is 401 g/mol. The maximum absolute atomic E-state index is 13.7. The van der Waals surface area contributed by atoms with E-state index in [-0.39, 0.29) is 8.64 Å². The van der Waals surface area contributed by atoms with Crippen molar-refractivity contribution in [2.24, 2.45) is 5.92 Å². The molecule has 2 atom stereocenters. The summed E-state index contributed by atoms with van der Waals surface area (Å²) in [6, 6.07) is 13.6.